The Balaban J connectivity index is 2.37. The van der Waals surface area contributed by atoms with Crippen molar-refractivity contribution in [1.82, 2.24) is 10.2 Å². The van der Waals surface area contributed by atoms with Crippen LogP contribution in [-0.4, -0.2) is 59.8 Å². The molecule has 3 atom stereocenters. The lowest BCUT2D eigenvalue weighted by Crippen LogP contribution is -2.48. The van der Waals surface area contributed by atoms with Crippen LogP contribution in [0.1, 0.15) is 45.2 Å². The molecule has 0 bridgehead atoms. The number of hydrogen-bond donors (Lipinski definition) is 3. The molecule has 1 aromatic rings. The molecule has 1 fully saturated rings. The summed E-state index contributed by atoms with van der Waals surface area (Å²) in [5.41, 5.74) is -0.662. The van der Waals surface area contributed by atoms with E-state index in [1.807, 2.05) is 49.9 Å². The van der Waals surface area contributed by atoms with Gasteiger partial charge in [0.2, 0.25) is 5.91 Å². The second-order valence-corrected chi connectivity index (χ2v) is 8.37. The van der Waals surface area contributed by atoms with Crippen LogP contribution >= 0.6 is 0 Å². The van der Waals surface area contributed by atoms with Crippen LogP contribution in [-0.2, 0) is 9.59 Å². The highest BCUT2D eigenvalue weighted by Gasteiger charge is 2.56. The number of nitrogens with one attached hydrogen (secondary N) is 1. The molecule has 0 unspecified atom stereocenters. The number of aliphatic hydroxyl groups is 1. The first-order valence-electron chi connectivity index (χ1n) is 9.60. The first-order valence-corrected chi connectivity index (χ1v) is 9.60. The van der Waals surface area contributed by atoms with E-state index < -0.39 is 22.8 Å². The number of likely N-dealkylation sites (N-methyl/N-ethyl adjacent to an activating group) is 1. The lowest BCUT2D eigenvalue weighted by molar-refractivity contribution is -0.150. The highest BCUT2D eigenvalue weighted by Crippen LogP contribution is 2.47. The van der Waals surface area contributed by atoms with Crippen LogP contribution in [0, 0.1) is 11.3 Å². The van der Waals surface area contributed by atoms with Crippen LogP contribution in [0.15, 0.2) is 24.3 Å². The van der Waals surface area contributed by atoms with Crippen molar-refractivity contribution in [2.24, 2.45) is 11.3 Å². The van der Waals surface area contributed by atoms with E-state index in [0.29, 0.717) is 18.7 Å². The van der Waals surface area contributed by atoms with Gasteiger partial charge in [-0.15, -0.1) is 0 Å². The SMILES string of the molecule is CC[C@@]1(C(=O)O)C[C@H](C(=O)NCC(C)(C)CO)[C@H](c2ccc(OC)cc2)N1C. The normalized spacial score (nSPS) is 25.5. The van der Waals surface area contributed by atoms with Gasteiger partial charge in [-0.1, -0.05) is 32.9 Å². The van der Waals surface area contributed by atoms with Crippen molar-refractivity contribution in [3.8, 4) is 5.75 Å². The minimum absolute atomic E-state index is 0.0478. The summed E-state index contributed by atoms with van der Waals surface area (Å²) in [5, 5.41) is 22.3. The second kappa shape index (κ2) is 8.49. The van der Waals surface area contributed by atoms with E-state index in [2.05, 4.69) is 5.32 Å². The number of ether oxygens (including phenoxy) is 1. The number of carboxylic acids is 1. The highest BCUT2D eigenvalue weighted by molar-refractivity contribution is 5.85. The van der Waals surface area contributed by atoms with Gasteiger partial charge in [-0.25, -0.2) is 0 Å². The lowest BCUT2D eigenvalue weighted by Gasteiger charge is -2.34. The number of carboxylic acid groups (broad SMARTS) is 1. The van der Waals surface area contributed by atoms with E-state index in [-0.39, 0.29) is 25.0 Å². The number of rotatable bonds is 8. The average Bonchev–Trinajstić information content (AvgIpc) is 3.00. The van der Waals surface area contributed by atoms with Gasteiger partial charge in [0.05, 0.1) is 13.0 Å². The molecule has 1 aromatic carbocycles. The van der Waals surface area contributed by atoms with E-state index in [0.717, 1.165) is 5.56 Å². The molecule has 0 radical (unpaired) electrons. The zero-order chi connectivity index (χ0) is 21.1. The Labute approximate surface area is 166 Å². The van der Waals surface area contributed by atoms with Gasteiger partial charge in [-0.2, -0.15) is 0 Å². The Morgan fingerprint density at radius 2 is 1.93 bits per heavy atom. The lowest BCUT2D eigenvalue weighted by atomic mass is 9.86. The zero-order valence-corrected chi connectivity index (χ0v) is 17.4. The number of hydrogen-bond acceptors (Lipinski definition) is 5. The third-order valence-electron chi connectivity index (χ3n) is 5.98. The molecule has 0 aromatic heterocycles. The predicted octanol–water partition coefficient (Wildman–Crippen LogP) is 2.06. The smallest absolute Gasteiger partial charge is 0.324 e. The predicted molar refractivity (Wildman–Crippen MR) is 106 cm³/mol. The van der Waals surface area contributed by atoms with Crippen molar-refractivity contribution in [3.05, 3.63) is 29.8 Å². The minimum Gasteiger partial charge on any atom is -0.497 e. The van der Waals surface area contributed by atoms with Crippen LogP contribution in [0.25, 0.3) is 0 Å². The Hall–Kier alpha value is -2.12. The highest BCUT2D eigenvalue weighted by atomic mass is 16.5. The van der Waals surface area contributed by atoms with Gasteiger partial charge in [0.25, 0.3) is 0 Å². The fourth-order valence-electron chi connectivity index (χ4n) is 3.95. The van der Waals surface area contributed by atoms with E-state index in [4.69, 9.17) is 4.74 Å². The fraction of sp³-hybridized carbons (Fsp3) is 0.619. The van der Waals surface area contributed by atoms with Crippen molar-refractivity contribution in [2.45, 2.75) is 45.2 Å². The first-order chi connectivity index (χ1) is 13.1. The molecule has 7 heteroatoms. The van der Waals surface area contributed by atoms with Crippen molar-refractivity contribution in [3.63, 3.8) is 0 Å². The van der Waals surface area contributed by atoms with Crippen molar-refractivity contribution in [2.75, 3.05) is 27.3 Å². The van der Waals surface area contributed by atoms with E-state index >= 15 is 0 Å². The van der Waals surface area contributed by atoms with E-state index in [1.165, 1.54) is 0 Å². The Kier molecular flexibility index (Phi) is 6.72. The summed E-state index contributed by atoms with van der Waals surface area (Å²) in [7, 11) is 3.36. The molecule has 1 aliphatic rings. The molecule has 2 rings (SSSR count). The minimum atomic E-state index is -1.10. The van der Waals surface area contributed by atoms with Crippen molar-refractivity contribution in [1.29, 1.82) is 0 Å². The van der Waals surface area contributed by atoms with Crippen LogP contribution < -0.4 is 10.1 Å². The molecule has 0 spiro atoms. The van der Waals surface area contributed by atoms with Gasteiger partial charge < -0.3 is 20.3 Å². The van der Waals surface area contributed by atoms with Crippen LogP contribution in [0.2, 0.25) is 0 Å². The third-order valence-corrected chi connectivity index (χ3v) is 5.98. The molecule has 0 aliphatic carbocycles. The number of carbonyl (C=O) groups is 2. The topological polar surface area (TPSA) is 99.1 Å². The largest absolute Gasteiger partial charge is 0.497 e. The molecular formula is C21H32N2O5. The molecule has 3 N–H and O–H groups in total. The second-order valence-electron chi connectivity index (χ2n) is 8.37. The summed E-state index contributed by atoms with van der Waals surface area (Å²) in [4.78, 5) is 27.0. The summed E-state index contributed by atoms with van der Waals surface area (Å²) >= 11 is 0. The summed E-state index contributed by atoms with van der Waals surface area (Å²) in [6.45, 7) is 5.84. The standard InChI is InChI=1S/C21H32N2O5/c1-6-21(19(26)27)11-16(18(25)22-12-20(2,3)13-24)17(23(21)4)14-7-9-15(28-5)10-8-14/h7-10,16-17,24H,6,11-13H2,1-5H3,(H,22,25)(H,26,27)/t16-,17-,21-/m0/s1. The Bertz CT molecular complexity index is 703. The van der Waals surface area contributed by atoms with E-state index in [1.54, 1.807) is 14.2 Å². The van der Waals surface area contributed by atoms with Gasteiger partial charge >= 0.3 is 5.97 Å². The number of aliphatic hydroxyl groups excluding tert-OH is 1. The van der Waals surface area contributed by atoms with Gasteiger partial charge in [0.1, 0.15) is 11.3 Å². The molecular weight excluding hydrogens is 360 g/mol. The maximum absolute atomic E-state index is 13.0. The van der Waals surface area contributed by atoms with Gasteiger partial charge in [-0.05, 0) is 37.6 Å². The zero-order valence-electron chi connectivity index (χ0n) is 17.4. The summed E-state index contributed by atoms with van der Waals surface area (Å²) in [6.07, 6.45) is 0.634. The summed E-state index contributed by atoms with van der Waals surface area (Å²) in [5.74, 6) is -0.910. The number of methoxy groups -OCH3 is 1. The number of amides is 1. The monoisotopic (exact) mass is 392 g/mol. The van der Waals surface area contributed by atoms with Gasteiger partial charge in [0, 0.05) is 24.6 Å². The molecule has 156 valence electrons. The third kappa shape index (κ3) is 4.15. The maximum Gasteiger partial charge on any atom is 0.324 e. The summed E-state index contributed by atoms with van der Waals surface area (Å²) < 4.78 is 5.21. The number of benzene rings is 1. The molecule has 0 saturated carbocycles. The number of carbonyl (C=O) groups excluding carboxylic acids is 1. The molecule has 1 heterocycles. The quantitative estimate of drug-likeness (QED) is 0.626. The Morgan fingerprint density at radius 1 is 1.32 bits per heavy atom. The molecule has 28 heavy (non-hydrogen) atoms. The van der Waals surface area contributed by atoms with E-state index in [9.17, 15) is 19.8 Å². The molecule has 1 saturated heterocycles. The van der Waals surface area contributed by atoms with Crippen LogP contribution in [0.5, 0.6) is 5.75 Å². The van der Waals surface area contributed by atoms with Crippen molar-refractivity contribution < 1.29 is 24.5 Å². The number of aliphatic carboxylic acids is 1. The molecule has 1 aliphatic heterocycles. The van der Waals surface area contributed by atoms with Crippen molar-refractivity contribution >= 4 is 11.9 Å². The number of likely N-dealkylation sites (tertiary alicyclic amines) is 1. The molecule has 7 nitrogen and oxygen atoms in total. The average molecular weight is 392 g/mol. The maximum atomic E-state index is 13.0. The van der Waals surface area contributed by atoms with Crippen LogP contribution in [0.3, 0.4) is 0 Å². The van der Waals surface area contributed by atoms with Gasteiger partial charge in [0.15, 0.2) is 0 Å². The summed E-state index contributed by atoms with van der Waals surface area (Å²) in [6, 6.07) is 7.04. The fourth-order valence-corrected chi connectivity index (χ4v) is 3.95. The Morgan fingerprint density at radius 3 is 2.39 bits per heavy atom. The first kappa shape index (κ1) is 22.2. The molecule has 1 amide bonds. The number of nitrogens with zero attached hydrogens (tertiary/aromatic N) is 1. The van der Waals surface area contributed by atoms with Crippen LogP contribution in [0.4, 0.5) is 0 Å². The van der Waals surface area contributed by atoms with Gasteiger partial charge in [-0.3, -0.25) is 14.5 Å².